The summed E-state index contributed by atoms with van der Waals surface area (Å²) in [6.45, 7) is 4.20. The van der Waals surface area contributed by atoms with Crippen LogP contribution in [0.3, 0.4) is 0 Å². The minimum Gasteiger partial charge on any atom is -0.465 e. The number of sulfone groups is 1. The van der Waals surface area contributed by atoms with Crippen molar-refractivity contribution in [1.29, 1.82) is 0 Å². The number of rotatable bonds is 5. The van der Waals surface area contributed by atoms with Gasteiger partial charge in [0.1, 0.15) is 23.2 Å². The lowest BCUT2D eigenvalue weighted by Gasteiger charge is -2.27. The second-order valence-corrected chi connectivity index (χ2v) is 11.4. The van der Waals surface area contributed by atoms with Crippen LogP contribution in [0.15, 0.2) is 41.3 Å². The standard InChI is InChI=1S/C24H24F4N2O8S/c1-23(2,3)38-22(33)29-17-12-39(34,35)19-10-16(25)15(21(32)36-4)9-18(19)30(20(17)31)11-13-5-7-14(8-6-13)37-24(26,27)28/h5-10,17H,11-12H2,1-4H3,(H,29,33)/t17-/m0/s1. The molecule has 0 radical (unpaired) electrons. The summed E-state index contributed by atoms with van der Waals surface area (Å²) in [6, 6.07) is 4.02. The average molecular weight is 577 g/mol. The summed E-state index contributed by atoms with van der Waals surface area (Å²) in [5, 5.41) is 2.21. The lowest BCUT2D eigenvalue weighted by Crippen LogP contribution is -2.51. The number of methoxy groups -OCH3 is 1. The number of esters is 1. The third kappa shape index (κ3) is 7.37. The number of fused-ring (bicyclic) bond motifs is 1. The van der Waals surface area contributed by atoms with Crippen molar-refractivity contribution in [2.75, 3.05) is 17.8 Å². The number of halogens is 4. The molecule has 0 fully saturated rings. The summed E-state index contributed by atoms with van der Waals surface area (Å²) < 4.78 is 92.2. The molecule has 0 aromatic heterocycles. The number of anilines is 1. The van der Waals surface area contributed by atoms with E-state index < -0.39 is 85.8 Å². The summed E-state index contributed by atoms with van der Waals surface area (Å²) >= 11 is 0. The summed E-state index contributed by atoms with van der Waals surface area (Å²) in [7, 11) is -3.47. The molecule has 15 heteroatoms. The maximum absolute atomic E-state index is 14.8. The van der Waals surface area contributed by atoms with Crippen molar-refractivity contribution in [3.8, 4) is 5.75 Å². The second-order valence-electron chi connectivity index (χ2n) is 9.39. The molecular weight excluding hydrogens is 552 g/mol. The lowest BCUT2D eigenvalue weighted by molar-refractivity contribution is -0.274. The number of ether oxygens (including phenoxy) is 3. The van der Waals surface area contributed by atoms with E-state index in [0.29, 0.717) is 6.07 Å². The average Bonchev–Trinajstić information content (AvgIpc) is 2.86. The number of alkyl carbamates (subject to hydrolysis) is 1. The first-order valence-electron chi connectivity index (χ1n) is 11.2. The Kier molecular flexibility index (Phi) is 8.15. The zero-order chi connectivity index (χ0) is 29.3. The molecule has 1 aliphatic rings. The van der Waals surface area contributed by atoms with E-state index in [9.17, 15) is 40.4 Å². The molecule has 1 aliphatic heterocycles. The summed E-state index contributed by atoms with van der Waals surface area (Å²) in [4.78, 5) is 38.3. The van der Waals surface area contributed by atoms with Gasteiger partial charge in [-0.05, 0) is 50.6 Å². The fraction of sp³-hybridized carbons (Fsp3) is 0.375. The van der Waals surface area contributed by atoms with E-state index in [1.807, 2.05) is 0 Å². The Morgan fingerprint density at radius 3 is 2.26 bits per heavy atom. The molecule has 10 nitrogen and oxygen atoms in total. The predicted molar refractivity (Wildman–Crippen MR) is 127 cm³/mol. The summed E-state index contributed by atoms with van der Waals surface area (Å²) in [5.74, 6) is -4.87. The van der Waals surface area contributed by atoms with Gasteiger partial charge in [-0.2, -0.15) is 0 Å². The van der Waals surface area contributed by atoms with Gasteiger partial charge in [0.05, 0.1) is 35.6 Å². The Balaban J connectivity index is 2.10. The van der Waals surface area contributed by atoms with E-state index in [-0.39, 0.29) is 5.56 Å². The molecule has 0 saturated carbocycles. The van der Waals surface area contributed by atoms with Gasteiger partial charge in [-0.15, -0.1) is 13.2 Å². The van der Waals surface area contributed by atoms with Crippen LogP contribution in [0, 0.1) is 5.82 Å². The smallest absolute Gasteiger partial charge is 0.465 e. The topological polar surface area (TPSA) is 128 Å². The highest BCUT2D eigenvalue weighted by molar-refractivity contribution is 7.91. The fourth-order valence-electron chi connectivity index (χ4n) is 3.65. The molecule has 1 atom stereocenters. The van der Waals surface area contributed by atoms with Crippen molar-refractivity contribution in [3.63, 3.8) is 0 Å². The van der Waals surface area contributed by atoms with E-state index >= 15 is 0 Å². The third-order valence-electron chi connectivity index (χ3n) is 5.22. The lowest BCUT2D eigenvalue weighted by atomic mass is 10.1. The van der Waals surface area contributed by atoms with Crippen LogP contribution in [0.2, 0.25) is 0 Å². The highest BCUT2D eigenvalue weighted by Gasteiger charge is 2.40. The van der Waals surface area contributed by atoms with Gasteiger partial charge in [0.25, 0.3) is 5.91 Å². The Hall–Kier alpha value is -3.88. The summed E-state index contributed by atoms with van der Waals surface area (Å²) in [5.41, 5.74) is -1.84. The van der Waals surface area contributed by atoms with Gasteiger partial charge < -0.3 is 24.4 Å². The predicted octanol–water partition coefficient (Wildman–Crippen LogP) is 3.72. The highest BCUT2D eigenvalue weighted by atomic mass is 32.2. The highest BCUT2D eigenvalue weighted by Crippen LogP contribution is 2.35. The van der Waals surface area contributed by atoms with Crippen molar-refractivity contribution in [1.82, 2.24) is 5.32 Å². The molecule has 1 heterocycles. The Morgan fingerprint density at radius 1 is 1.10 bits per heavy atom. The van der Waals surface area contributed by atoms with Crippen LogP contribution in [0.25, 0.3) is 0 Å². The minimum atomic E-state index is -4.94. The molecule has 2 aromatic rings. The molecule has 0 unspecified atom stereocenters. The summed E-state index contributed by atoms with van der Waals surface area (Å²) in [6.07, 6.45) is -6.04. The second kappa shape index (κ2) is 10.7. The molecular formula is C24H24F4N2O8S. The van der Waals surface area contributed by atoms with Crippen LogP contribution in [0.4, 0.5) is 28.0 Å². The third-order valence-corrected chi connectivity index (χ3v) is 6.99. The number of benzene rings is 2. The van der Waals surface area contributed by atoms with Crippen LogP contribution < -0.4 is 15.0 Å². The van der Waals surface area contributed by atoms with Gasteiger partial charge in [-0.1, -0.05) is 12.1 Å². The largest absolute Gasteiger partial charge is 0.573 e. The van der Waals surface area contributed by atoms with Crippen LogP contribution in [0.1, 0.15) is 36.7 Å². The quantitative estimate of drug-likeness (QED) is 0.422. The first-order valence-corrected chi connectivity index (χ1v) is 12.9. The van der Waals surface area contributed by atoms with Gasteiger partial charge in [0.15, 0.2) is 9.84 Å². The van der Waals surface area contributed by atoms with E-state index in [0.717, 1.165) is 30.2 Å². The number of alkyl halides is 3. The first-order chi connectivity index (χ1) is 17.9. The van der Waals surface area contributed by atoms with E-state index in [2.05, 4.69) is 14.8 Å². The van der Waals surface area contributed by atoms with E-state index in [1.54, 1.807) is 20.8 Å². The zero-order valence-corrected chi connectivity index (χ0v) is 21.9. The molecule has 1 N–H and O–H groups in total. The molecule has 0 aliphatic carbocycles. The fourth-order valence-corrected chi connectivity index (χ4v) is 5.27. The molecule has 0 spiro atoms. The number of hydrogen-bond acceptors (Lipinski definition) is 8. The first kappa shape index (κ1) is 29.7. The molecule has 3 rings (SSSR count). The SMILES string of the molecule is COC(=O)c1cc2c(cc1F)S(=O)(=O)C[C@H](NC(=O)OC(C)(C)C)C(=O)N2Cc1ccc(OC(F)(F)F)cc1. The molecule has 212 valence electrons. The van der Waals surface area contributed by atoms with Crippen LogP contribution in [-0.2, 0) is 30.7 Å². The van der Waals surface area contributed by atoms with Gasteiger partial charge in [0, 0.05) is 0 Å². The van der Waals surface area contributed by atoms with Gasteiger partial charge >= 0.3 is 18.4 Å². The van der Waals surface area contributed by atoms with E-state index in [1.165, 1.54) is 12.1 Å². The number of amides is 2. The van der Waals surface area contributed by atoms with E-state index in [4.69, 9.17) is 4.74 Å². The maximum Gasteiger partial charge on any atom is 0.573 e. The molecule has 0 saturated heterocycles. The van der Waals surface area contributed by atoms with Crippen molar-refractivity contribution in [2.45, 2.75) is 50.2 Å². The van der Waals surface area contributed by atoms with Crippen molar-refractivity contribution in [2.24, 2.45) is 0 Å². The monoisotopic (exact) mass is 576 g/mol. The van der Waals surface area contributed by atoms with Crippen molar-refractivity contribution >= 4 is 33.5 Å². The van der Waals surface area contributed by atoms with Gasteiger partial charge in [0.2, 0.25) is 0 Å². The van der Waals surface area contributed by atoms with Crippen LogP contribution >= 0.6 is 0 Å². The maximum atomic E-state index is 14.8. The Labute approximate surface area is 220 Å². The number of hydrogen-bond donors (Lipinski definition) is 1. The number of nitrogens with one attached hydrogen (secondary N) is 1. The number of carbonyl (C=O) groups is 3. The number of nitrogens with zero attached hydrogens (tertiary/aromatic N) is 1. The molecule has 2 aromatic carbocycles. The molecule has 2 amide bonds. The van der Waals surface area contributed by atoms with Gasteiger partial charge in [-0.25, -0.2) is 22.4 Å². The molecule has 0 bridgehead atoms. The Bertz CT molecular complexity index is 1390. The van der Waals surface area contributed by atoms with Crippen molar-refractivity contribution in [3.05, 3.63) is 53.3 Å². The molecule has 39 heavy (non-hydrogen) atoms. The van der Waals surface area contributed by atoms with Crippen LogP contribution in [0.5, 0.6) is 5.75 Å². The zero-order valence-electron chi connectivity index (χ0n) is 21.1. The van der Waals surface area contributed by atoms with Crippen LogP contribution in [-0.4, -0.2) is 57.3 Å². The van der Waals surface area contributed by atoms with Crippen molar-refractivity contribution < 1.29 is 54.6 Å². The van der Waals surface area contributed by atoms with Gasteiger partial charge in [-0.3, -0.25) is 4.79 Å². The Morgan fingerprint density at radius 2 is 1.72 bits per heavy atom. The normalized spacial score (nSPS) is 17.1. The number of carbonyl (C=O) groups excluding carboxylic acids is 3. The minimum absolute atomic E-state index is 0.211.